The maximum Gasteiger partial charge on any atom is 0.355 e. The second-order valence-electron chi connectivity index (χ2n) is 4.56. The third-order valence-corrected chi connectivity index (χ3v) is 4.00. The van der Waals surface area contributed by atoms with Crippen molar-refractivity contribution in [2.75, 3.05) is 0 Å². The number of hydrogen-bond donors (Lipinski definition) is 1. The molecule has 0 saturated heterocycles. The van der Waals surface area contributed by atoms with Gasteiger partial charge in [0.05, 0.1) is 5.52 Å². The molecule has 0 radical (unpaired) electrons. The van der Waals surface area contributed by atoms with Crippen LogP contribution in [-0.2, 0) is 7.05 Å². The second kappa shape index (κ2) is 5.10. The van der Waals surface area contributed by atoms with E-state index in [2.05, 4.69) is 15.3 Å². The van der Waals surface area contributed by atoms with Gasteiger partial charge >= 0.3 is 5.97 Å². The zero-order valence-corrected chi connectivity index (χ0v) is 12.3. The van der Waals surface area contributed by atoms with Gasteiger partial charge in [-0.25, -0.2) is 14.5 Å². The molecule has 7 heteroatoms. The number of thiazole rings is 1. The molecule has 0 fully saturated rings. The van der Waals surface area contributed by atoms with Crippen LogP contribution in [0.15, 0.2) is 18.2 Å². The molecule has 2 aromatic heterocycles. The first-order valence-electron chi connectivity index (χ1n) is 6.23. The molecule has 1 aromatic carbocycles. The molecule has 3 aromatic rings. The number of carboxylic acids is 1. The molecule has 21 heavy (non-hydrogen) atoms. The van der Waals surface area contributed by atoms with Crippen molar-refractivity contribution in [1.82, 2.24) is 20.0 Å². The van der Waals surface area contributed by atoms with Gasteiger partial charge in [0.2, 0.25) is 0 Å². The maximum absolute atomic E-state index is 11.0. The number of hydrogen-bond acceptors (Lipinski definition) is 5. The van der Waals surface area contributed by atoms with E-state index in [0.717, 1.165) is 16.6 Å². The van der Waals surface area contributed by atoms with Crippen molar-refractivity contribution in [3.05, 3.63) is 39.3 Å². The predicted molar refractivity (Wildman–Crippen MR) is 81.2 cm³/mol. The van der Waals surface area contributed by atoms with Gasteiger partial charge in [-0.15, -0.1) is 16.4 Å². The molecule has 0 atom stereocenters. The average molecular weight is 300 g/mol. The molecule has 0 aliphatic carbocycles. The van der Waals surface area contributed by atoms with Crippen molar-refractivity contribution in [3.8, 4) is 0 Å². The normalized spacial score (nSPS) is 11.5. The summed E-state index contributed by atoms with van der Waals surface area (Å²) in [5.74, 6) is -0.996. The summed E-state index contributed by atoms with van der Waals surface area (Å²) < 4.78 is 1.71. The Morgan fingerprint density at radius 3 is 2.90 bits per heavy atom. The van der Waals surface area contributed by atoms with Gasteiger partial charge in [-0.1, -0.05) is 17.4 Å². The summed E-state index contributed by atoms with van der Waals surface area (Å²) in [5, 5.41) is 17.7. The van der Waals surface area contributed by atoms with Crippen molar-refractivity contribution in [2.45, 2.75) is 6.92 Å². The van der Waals surface area contributed by atoms with Crippen molar-refractivity contribution < 1.29 is 9.90 Å². The van der Waals surface area contributed by atoms with Gasteiger partial charge < -0.3 is 5.11 Å². The predicted octanol–water partition coefficient (Wildman–Crippen LogP) is 2.60. The third kappa shape index (κ3) is 2.55. The molecule has 106 valence electrons. The lowest BCUT2D eigenvalue weighted by molar-refractivity contribution is 0.0690. The molecule has 0 bridgehead atoms. The number of carbonyl (C=O) groups is 1. The fourth-order valence-corrected chi connectivity index (χ4v) is 2.83. The number of aryl methyl sites for hydroxylation is 2. The quantitative estimate of drug-likeness (QED) is 0.804. The largest absolute Gasteiger partial charge is 0.476 e. The minimum Gasteiger partial charge on any atom is -0.476 e. The van der Waals surface area contributed by atoms with Crippen LogP contribution in [0.1, 0.15) is 25.9 Å². The summed E-state index contributed by atoms with van der Waals surface area (Å²) in [6.07, 6.45) is 3.69. The van der Waals surface area contributed by atoms with E-state index in [4.69, 9.17) is 5.11 Å². The number of rotatable bonds is 3. The Morgan fingerprint density at radius 1 is 1.38 bits per heavy atom. The first-order valence-corrected chi connectivity index (χ1v) is 7.04. The van der Waals surface area contributed by atoms with Crippen LogP contribution in [0, 0.1) is 6.92 Å². The van der Waals surface area contributed by atoms with E-state index in [1.165, 1.54) is 11.3 Å². The molecule has 6 nitrogen and oxygen atoms in total. The zero-order valence-electron chi connectivity index (χ0n) is 11.4. The molecule has 0 unspecified atom stereocenters. The summed E-state index contributed by atoms with van der Waals surface area (Å²) in [7, 11) is 1.84. The fraction of sp³-hybridized carbons (Fsp3) is 0.143. The minimum atomic E-state index is -0.996. The summed E-state index contributed by atoms with van der Waals surface area (Å²) in [4.78, 5) is 15.8. The Labute approximate surface area is 124 Å². The van der Waals surface area contributed by atoms with Gasteiger partial charge in [-0.2, -0.15) is 0 Å². The monoisotopic (exact) mass is 300 g/mol. The lowest BCUT2D eigenvalue weighted by Gasteiger charge is -1.94. The minimum absolute atomic E-state index is 0.115. The Balaban J connectivity index is 1.90. The molecule has 0 amide bonds. The SMILES string of the molecule is Cc1sc(/C=C/c2ccc3c(c2)nnn3C)nc1C(=O)O. The Kier molecular flexibility index (Phi) is 3.26. The number of nitrogens with zero attached hydrogens (tertiary/aromatic N) is 4. The lowest BCUT2D eigenvalue weighted by Crippen LogP contribution is -1.98. The molecular formula is C14H12N4O2S. The molecule has 0 saturated carbocycles. The van der Waals surface area contributed by atoms with Crippen LogP contribution in [0.3, 0.4) is 0 Å². The van der Waals surface area contributed by atoms with Crippen LogP contribution in [0.25, 0.3) is 23.2 Å². The van der Waals surface area contributed by atoms with E-state index < -0.39 is 5.97 Å². The first-order chi connectivity index (χ1) is 10.0. The van der Waals surface area contributed by atoms with E-state index >= 15 is 0 Å². The second-order valence-corrected chi connectivity index (χ2v) is 5.79. The van der Waals surface area contributed by atoms with Crippen LogP contribution in [0.5, 0.6) is 0 Å². The van der Waals surface area contributed by atoms with Crippen LogP contribution in [-0.4, -0.2) is 31.1 Å². The van der Waals surface area contributed by atoms with Crippen molar-refractivity contribution in [3.63, 3.8) is 0 Å². The molecule has 1 N–H and O–H groups in total. The number of aromatic carboxylic acids is 1. The topological polar surface area (TPSA) is 80.9 Å². The van der Waals surface area contributed by atoms with Gasteiger partial charge in [0.15, 0.2) is 5.69 Å². The molecule has 0 aliphatic heterocycles. The number of fused-ring (bicyclic) bond motifs is 1. The molecular weight excluding hydrogens is 288 g/mol. The summed E-state index contributed by atoms with van der Waals surface area (Å²) in [6, 6.07) is 5.84. The van der Waals surface area contributed by atoms with Crippen LogP contribution in [0.2, 0.25) is 0 Å². The van der Waals surface area contributed by atoms with Gasteiger partial charge in [0.1, 0.15) is 10.5 Å². The highest BCUT2D eigenvalue weighted by atomic mass is 32.1. The first kappa shape index (κ1) is 13.4. The highest BCUT2D eigenvalue weighted by Crippen LogP contribution is 2.20. The summed E-state index contributed by atoms with van der Waals surface area (Å²) in [5.41, 5.74) is 2.86. The Hall–Kier alpha value is -2.54. The maximum atomic E-state index is 11.0. The van der Waals surface area contributed by atoms with Gasteiger partial charge in [0, 0.05) is 11.9 Å². The number of benzene rings is 1. The van der Waals surface area contributed by atoms with E-state index in [1.54, 1.807) is 11.6 Å². The summed E-state index contributed by atoms with van der Waals surface area (Å²) >= 11 is 1.36. The van der Waals surface area contributed by atoms with Crippen molar-refractivity contribution in [1.29, 1.82) is 0 Å². The van der Waals surface area contributed by atoms with Gasteiger partial charge in [0.25, 0.3) is 0 Å². The molecule has 0 spiro atoms. The van der Waals surface area contributed by atoms with E-state index in [9.17, 15) is 4.79 Å². The van der Waals surface area contributed by atoms with Crippen molar-refractivity contribution >= 4 is 40.5 Å². The van der Waals surface area contributed by atoms with Crippen LogP contribution >= 0.6 is 11.3 Å². The van der Waals surface area contributed by atoms with E-state index in [1.807, 2.05) is 37.4 Å². The summed E-state index contributed by atoms with van der Waals surface area (Å²) in [6.45, 7) is 1.75. The van der Waals surface area contributed by atoms with Gasteiger partial charge in [-0.05, 0) is 30.7 Å². The Morgan fingerprint density at radius 2 is 2.19 bits per heavy atom. The zero-order chi connectivity index (χ0) is 15.0. The fourth-order valence-electron chi connectivity index (χ4n) is 2.02. The highest BCUT2D eigenvalue weighted by molar-refractivity contribution is 7.12. The van der Waals surface area contributed by atoms with E-state index in [0.29, 0.717) is 9.88 Å². The third-order valence-electron chi connectivity index (χ3n) is 3.07. The number of carboxylic acid groups (broad SMARTS) is 1. The lowest BCUT2D eigenvalue weighted by atomic mass is 10.2. The Bertz CT molecular complexity index is 863. The highest BCUT2D eigenvalue weighted by Gasteiger charge is 2.12. The average Bonchev–Trinajstić information content (AvgIpc) is 3.00. The van der Waals surface area contributed by atoms with E-state index in [-0.39, 0.29) is 5.69 Å². The van der Waals surface area contributed by atoms with Crippen molar-refractivity contribution in [2.24, 2.45) is 7.05 Å². The number of aromatic nitrogens is 4. The molecule has 3 rings (SSSR count). The smallest absolute Gasteiger partial charge is 0.355 e. The van der Waals surface area contributed by atoms with Gasteiger partial charge in [-0.3, -0.25) is 0 Å². The van der Waals surface area contributed by atoms with Crippen LogP contribution < -0.4 is 0 Å². The standard InChI is InChI=1S/C14H12N4O2S/c1-8-13(14(19)20)15-12(21-8)6-4-9-3-5-11-10(7-9)16-17-18(11)2/h3-7H,1-2H3,(H,19,20)/b6-4+. The van der Waals surface area contributed by atoms with Crippen LogP contribution in [0.4, 0.5) is 0 Å². The molecule has 0 aliphatic rings. The molecule has 2 heterocycles.